The highest BCUT2D eigenvalue weighted by atomic mass is 31.2. The molecule has 1 aliphatic heterocycles. The van der Waals surface area contributed by atoms with E-state index in [-0.39, 0.29) is 56.3 Å². The number of hydrogen-bond acceptors (Lipinski definition) is 8. The molecule has 4 rings (SSSR count). The summed E-state index contributed by atoms with van der Waals surface area (Å²) in [5, 5.41) is 2.72. The molecule has 1 aliphatic rings. The zero-order valence-corrected chi connectivity index (χ0v) is 27.9. The average Bonchev–Trinajstić information content (AvgIpc) is 3.08. The van der Waals surface area contributed by atoms with Crippen molar-refractivity contribution in [2.75, 3.05) is 52.2 Å². The van der Waals surface area contributed by atoms with Gasteiger partial charge in [-0.05, 0) is 55.7 Å². The average molecular weight is 669 g/mol. The van der Waals surface area contributed by atoms with Gasteiger partial charge in [0.05, 0.1) is 31.7 Å². The van der Waals surface area contributed by atoms with Gasteiger partial charge in [-0.15, -0.1) is 0 Å². The van der Waals surface area contributed by atoms with E-state index in [2.05, 4.69) is 10.3 Å². The molecule has 1 N–H and O–H groups in total. The lowest BCUT2D eigenvalue weighted by Gasteiger charge is -2.36. The third kappa shape index (κ3) is 9.70. The van der Waals surface area contributed by atoms with Gasteiger partial charge < -0.3 is 28.9 Å². The normalized spacial score (nSPS) is 14.0. The molecule has 2 aromatic carbocycles. The van der Waals surface area contributed by atoms with E-state index in [9.17, 15) is 23.3 Å². The highest BCUT2D eigenvalue weighted by Gasteiger charge is 2.37. The van der Waals surface area contributed by atoms with Gasteiger partial charge in [0.25, 0.3) is 5.91 Å². The van der Waals surface area contributed by atoms with Gasteiger partial charge in [0.1, 0.15) is 17.6 Å². The lowest BCUT2D eigenvalue weighted by molar-refractivity contribution is -0.134. The van der Waals surface area contributed by atoms with E-state index in [0.29, 0.717) is 12.2 Å². The Morgan fingerprint density at radius 1 is 0.894 bits per heavy atom. The Morgan fingerprint density at radius 3 is 2.17 bits per heavy atom. The fourth-order valence-corrected chi connectivity index (χ4v) is 6.92. The van der Waals surface area contributed by atoms with Crippen molar-refractivity contribution >= 4 is 25.5 Å². The molecule has 1 aromatic heterocycles. The highest BCUT2D eigenvalue weighted by molar-refractivity contribution is 7.54. The Balaban J connectivity index is 1.62. The van der Waals surface area contributed by atoms with Gasteiger partial charge in [-0.2, -0.15) is 0 Å². The van der Waals surface area contributed by atoms with Gasteiger partial charge in [-0.1, -0.05) is 55.8 Å². The van der Waals surface area contributed by atoms with E-state index in [4.69, 9.17) is 13.8 Å². The number of nitrogens with one attached hydrogen (secondary N) is 1. The van der Waals surface area contributed by atoms with E-state index in [1.807, 2.05) is 37.3 Å². The molecule has 13 heteroatoms. The topological polar surface area (TPSA) is 127 Å². The van der Waals surface area contributed by atoms with Gasteiger partial charge in [0.2, 0.25) is 5.91 Å². The predicted molar refractivity (Wildman–Crippen MR) is 176 cm³/mol. The Morgan fingerprint density at radius 2 is 1.53 bits per heavy atom. The third-order valence-corrected chi connectivity index (χ3v) is 9.66. The van der Waals surface area contributed by atoms with Crippen molar-refractivity contribution in [2.24, 2.45) is 0 Å². The second-order valence-electron chi connectivity index (χ2n) is 10.9. The third-order valence-electron chi connectivity index (χ3n) is 7.55. The van der Waals surface area contributed by atoms with Crippen LogP contribution < -0.4 is 5.32 Å². The maximum atomic E-state index is 14.9. The van der Waals surface area contributed by atoms with Crippen LogP contribution in [0.2, 0.25) is 0 Å². The summed E-state index contributed by atoms with van der Waals surface area (Å²) in [5.41, 5.74) is 1.76. The first-order valence-corrected chi connectivity index (χ1v) is 17.6. The van der Waals surface area contributed by atoms with E-state index in [0.717, 1.165) is 18.4 Å². The number of halogens is 1. The number of ether oxygens (including phenoxy) is 1. The monoisotopic (exact) mass is 668 g/mol. The Kier molecular flexibility index (Phi) is 13.0. The number of pyridine rings is 1. The molecule has 0 radical (unpaired) electrons. The summed E-state index contributed by atoms with van der Waals surface area (Å²) in [7, 11) is -3.81. The molecule has 0 aliphatic carbocycles. The summed E-state index contributed by atoms with van der Waals surface area (Å²) in [6.45, 7) is 6.60. The first-order valence-electron chi connectivity index (χ1n) is 15.9. The molecule has 0 bridgehead atoms. The minimum atomic E-state index is -3.81. The van der Waals surface area contributed by atoms with E-state index in [1.54, 1.807) is 44.2 Å². The molecule has 3 aromatic rings. The van der Waals surface area contributed by atoms with Gasteiger partial charge in [-0.25, -0.2) is 14.2 Å². The van der Waals surface area contributed by atoms with Gasteiger partial charge in [0.15, 0.2) is 0 Å². The molecule has 0 saturated carbocycles. The minimum Gasteiger partial charge on any atom is -0.449 e. The van der Waals surface area contributed by atoms with Crippen LogP contribution in [0.15, 0.2) is 66.7 Å². The molecule has 1 saturated heterocycles. The molecule has 2 heterocycles. The lowest BCUT2D eigenvalue weighted by atomic mass is 10.0. The number of hydrogen-bond donors (Lipinski definition) is 1. The number of rotatable bonds is 14. The minimum absolute atomic E-state index is 0.0651. The van der Waals surface area contributed by atoms with E-state index >= 15 is 0 Å². The summed E-state index contributed by atoms with van der Waals surface area (Å²) in [4.78, 5) is 47.8. The van der Waals surface area contributed by atoms with Crippen LogP contribution >= 0.6 is 7.60 Å². The largest absolute Gasteiger partial charge is 0.449 e. The Hall–Kier alpha value is -4.12. The van der Waals surface area contributed by atoms with E-state index < -0.39 is 43.5 Å². The molecule has 252 valence electrons. The molecular weight excluding hydrogens is 626 g/mol. The van der Waals surface area contributed by atoms with E-state index in [1.165, 1.54) is 15.9 Å². The van der Waals surface area contributed by atoms with Crippen LogP contribution in [0.1, 0.15) is 44.1 Å². The van der Waals surface area contributed by atoms with Crippen molar-refractivity contribution in [3.05, 3.63) is 78.2 Å². The Bertz CT molecular complexity index is 1560. The number of carbonyl (C=O) groups is 3. The number of nitrogens with zero attached hydrogens (tertiary/aromatic N) is 3. The van der Waals surface area contributed by atoms with Crippen molar-refractivity contribution in [1.29, 1.82) is 0 Å². The van der Waals surface area contributed by atoms with Crippen LogP contribution in [-0.4, -0.2) is 90.9 Å². The summed E-state index contributed by atoms with van der Waals surface area (Å²) >= 11 is 0. The summed E-state index contributed by atoms with van der Waals surface area (Å²) in [6, 6.07) is 17.3. The smallest absolute Gasteiger partial charge is 0.409 e. The Labute approximate surface area is 274 Å². The van der Waals surface area contributed by atoms with Gasteiger partial charge in [0, 0.05) is 31.7 Å². The van der Waals surface area contributed by atoms with Crippen LogP contribution in [0.4, 0.5) is 9.18 Å². The standard InChI is InChI=1S/C34H42FN4O7P/c1-4-7-21-44-34(42)39-19-17-38(18-20-39)33(41)31(24-47(43,45-5-2)46-6-3)37-32(40)30-23-26(25-13-9-8-10-14-25)22-29(36-30)27-15-11-12-16-28(27)35/h8-16,22-23,31H,4-7,17-21,24H2,1-3H3,(H,37,40). The molecule has 1 unspecified atom stereocenters. The number of piperazine rings is 1. The second kappa shape index (κ2) is 17.2. The van der Waals surface area contributed by atoms with Crippen LogP contribution in [0.3, 0.4) is 0 Å². The second-order valence-corrected chi connectivity index (χ2v) is 13.0. The summed E-state index contributed by atoms with van der Waals surface area (Å²) in [5.74, 6) is -1.74. The zero-order valence-electron chi connectivity index (χ0n) is 27.0. The van der Waals surface area contributed by atoms with Crippen molar-refractivity contribution in [3.8, 4) is 22.4 Å². The molecule has 0 spiro atoms. The van der Waals surface area contributed by atoms with Crippen LogP contribution in [0, 0.1) is 5.82 Å². The summed E-state index contributed by atoms with van der Waals surface area (Å²) in [6.07, 6.45) is 0.794. The fraction of sp³-hybridized carbons (Fsp3) is 0.412. The van der Waals surface area contributed by atoms with Crippen molar-refractivity contribution in [2.45, 2.75) is 39.7 Å². The van der Waals surface area contributed by atoms with Crippen LogP contribution in [0.5, 0.6) is 0 Å². The fourth-order valence-electron chi connectivity index (χ4n) is 5.15. The lowest BCUT2D eigenvalue weighted by Crippen LogP contribution is -2.57. The SMILES string of the molecule is CCCCOC(=O)N1CCN(C(=O)C(CP(=O)(OCC)OCC)NC(=O)c2cc(-c3ccccc3)cc(-c3ccccc3F)n2)CC1. The summed E-state index contributed by atoms with van der Waals surface area (Å²) < 4.78 is 44.7. The number of benzene rings is 2. The molecule has 11 nitrogen and oxygen atoms in total. The van der Waals surface area contributed by atoms with Gasteiger partial charge in [-0.3, -0.25) is 14.2 Å². The number of carbonyl (C=O) groups excluding carboxylic acids is 3. The number of aromatic nitrogens is 1. The maximum absolute atomic E-state index is 14.9. The quantitative estimate of drug-likeness (QED) is 0.164. The molecule has 1 atom stereocenters. The highest BCUT2D eigenvalue weighted by Crippen LogP contribution is 2.48. The zero-order chi connectivity index (χ0) is 33.8. The van der Waals surface area contributed by atoms with Crippen molar-refractivity contribution in [1.82, 2.24) is 20.1 Å². The first kappa shape index (κ1) is 35.7. The molecular formula is C34H42FN4O7P. The first-order chi connectivity index (χ1) is 22.7. The molecule has 3 amide bonds. The molecule has 47 heavy (non-hydrogen) atoms. The van der Waals surface area contributed by atoms with Gasteiger partial charge >= 0.3 is 13.7 Å². The molecule has 1 fully saturated rings. The predicted octanol–water partition coefficient (Wildman–Crippen LogP) is 6.00. The number of amides is 3. The maximum Gasteiger partial charge on any atom is 0.409 e. The van der Waals surface area contributed by atoms with Crippen molar-refractivity contribution in [3.63, 3.8) is 0 Å². The number of unbranched alkanes of at least 4 members (excludes halogenated alkanes) is 1. The van der Waals surface area contributed by atoms with Crippen LogP contribution in [0.25, 0.3) is 22.4 Å². The van der Waals surface area contributed by atoms with Crippen LogP contribution in [-0.2, 0) is 23.1 Å². The van der Waals surface area contributed by atoms with Crippen molar-refractivity contribution < 1.29 is 37.1 Å².